The first-order valence-electron chi connectivity index (χ1n) is 11.5. The van der Waals surface area contributed by atoms with Crippen molar-refractivity contribution in [3.8, 4) is 11.5 Å². The molecule has 1 aliphatic carbocycles. The Bertz CT molecular complexity index is 953. The van der Waals surface area contributed by atoms with Crippen LogP contribution in [0, 0.1) is 12.8 Å². The maximum atomic E-state index is 13.5. The average molecular weight is 457 g/mol. The van der Waals surface area contributed by atoms with Crippen molar-refractivity contribution in [2.24, 2.45) is 5.92 Å². The summed E-state index contributed by atoms with van der Waals surface area (Å²) in [7, 11) is 0. The van der Waals surface area contributed by atoms with Crippen LogP contribution in [0.15, 0.2) is 29.6 Å². The van der Waals surface area contributed by atoms with Crippen molar-refractivity contribution in [2.75, 3.05) is 19.9 Å². The number of hydrogen-bond acceptors (Lipinski definition) is 5. The van der Waals surface area contributed by atoms with Crippen LogP contribution in [0.3, 0.4) is 0 Å². The lowest BCUT2D eigenvalue weighted by molar-refractivity contribution is -0.145. The molecule has 0 atom stereocenters. The molecule has 0 N–H and O–H groups in total. The van der Waals surface area contributed by atoms with E-state index in [0.29, 0.717) is 25.4 Å². The van der Waals surface area contributed by atoms with Gasteiger partial charge in [0.2, 0.25) is 18.6 Å². The topological polar surface area (TPSA) is 59.1 Å². The molecule has 2 aromatic rings. The average Bonchev–Trinajstić information content (AvgIpc) is 3.37. The van der Waals surface area contributed by atoms with Crippen LogP contribution < -0.4 is 9.47 Å². The van der Waals surface area contributed by atoms with E-state index in [1.807, 2.05) is 23.1 Å². The second kappa shape index (κ2) is 10.4. The van der Waals surface area contributed by atoms with Crippen LogP contribution in [0.25, 0.3) is 0 Å². The lowest BCUT2D eigenvalue weighted by atomic mass is 9.84. The summed E-state index contributed by atoms with van der Waals surface area (Å²) in [6, 6.07) is 7.89. The molecule has 2 heterocycles. The summed E-state index contributed by atoms with van der Waals surface area (Å²) in [4.78, 5) is 31.3. The van der Waals surface area contributed by atoms with Gasteiger partial charge >= 0.3 is 0 Å². The second-order valence-corrected chi connectivity index (χ2v) is 9.71. The van der Waals surface area contributed by atoms with Crippen LogP contribution in [0.2, 0.25) is 0 Å². The van der Waals surface area contributed by atoms with Crippen LogP contribution in [-0.4, -0.2) is 41.5 Å². The van der Waals surface area contributed by atoms with Gasteiger partial charge in [0, 0.05) is 23.9 Å². The lowest BCUT2D eigenvalue weighted by Gasteiger charge is -2.33. The van der Waals surface area contributed by atoms with Gasteiger partial charge in [-0.15, -0.1) is 11.3 Å². The number of amides is 2. The molecule has 4 rings (SSSR count). The molecular formula is C25H32N2O4S. The number of aryl methyl sites for hydroxylation is 1. The van der Waals surface area contributed by atoms with Gasteiger partial charge in [-0.1, -0.05) is 25.8 Å². The first-order chi connectivity index (χ1) is 15.5. The largest absolute Gasteiger partial charge is 0.454 e. The first-order valence-corrected chi connectivity index (χ1v) is 12.4. The molecule has 1 aromatic heterocycles. The summed E-state index contributed by atoms with van der Waals surface area (Å²) in [6.07, 6.45) is 4.92. The Hall–Kier alpha value is -2.54. The van der Waals surface area contributed by atoms with Crippen LogP contribution >= 0.6 is 11.3 Å². The zero-order chi connectivity index (χ0) is 22.5. The summed E-state index contributed by atoms with van der Waals surface area (Å²) in [5.74, 6) is 1.68. The SMILES string of the molecule is CCCCN(CC(=O)N(Cc1ccc2c(c1)OCO2)Cc1sccc1C)C(=O)C1CCC1. The fourth-order valence-electron chi connectivity index (χ4n) is 4.02. The van der Waals surface area contributed by atoms with Crippen LogP contribution in [-0.2, 0) is 22.7 Å². The van der Waals surface area contributed by atoms with Crippen LogP contribution in [0.5, 0.6) is 11.5 Å². The molecule has 0 radical (unpaired) electrons. The molecule has 32 heavy (non-hydrogen) atoms. The Labute approximate surface area is 194 Å². The van der Waals surface area contributed by atoms with E-state index in [1.165, 1.54) is 10.4 Å². The number of thiophene rings is 1. The maximum Gasteiger partial charge on any atom is 0.242 e. The number of fused-ring (bicyclic) bond motifs is 1. The molecule has 172 valence electrons. The van der Waals surface area contributed by atoms with E-state index in [4.69, 9.17) is 9.47 Å². The number of carbonyl (C=O) groups excluding carboxylic acids is 2. The van der Waals surface area contributed by atoms with Gasteiger partial charge in [0.25, 0.3) is 0 Å². The minimum absolute atomic E-state index is 0.0146. The minimum Gasteiger partial charge on any atom is -0.454 e. The second-order valence-electron chi connectivity index (χ2n) is 8.71. The van der Waals surface area contributed by atoms with Gasteiger partial charge in [0.15, 0.2) is 11.5 Å². The van der Waals surface area contributed by atoms with Crippen LogP contribution in [0.4, 0.5) is 0 Å². The van der Waals surface area contributed by atoms with Gasteiger partial charge < -0.3 is 19.3 Å². The number of nitrogens with zero attached hydrogens (tertiary/aromatic N) is 2. The fraction of sp³-hybridized carbons (Fsp3) is 0.520. The highest BCUT2D eigenvalue weighted by Gasteiger charge is 2.31. The number of ether oxygens (including phenoxy) is 2. The number of carbonyl (C=O) groups is 2. The molecule has 0 saturated heterocycles. The molecule has 2 aliphatic rings. The number of benzene rings is 1. The van der Waals surface area contributed by atoms with Gasteiger partial charge in [-0.25, -0.2) is 0 Å². The zero-order valence-electron chi connectivity index (χ0n) is 19.0. The third-order valence-electron chi connectivity index (χ3n) is 6.34. The Morgan fingerprint density at radius 1 is 1.09 bits per heavy atom. The van der Waals surface area contributed by atoms with E-state index in [0.717, 1.165) is 43.4 Å². The highest BCUT2D eigenvalue weighted by molar-refractivity contribution is 7.10. The van der Waals surface area contributed by atoms with E-state index in [9.17, 15) is 9.59 Å². The smallest absolute Gasteiger partial charge is 0.242 e. The maximum absolute atomic E-state index is 13.5. The predicted molar refractivity (Wildman–Crippen MR) is 125 cm³/mol. The van der Waals surface area contributed by atoms with Crippen molar-refractivity contribution in [1.29, 1.82) is 0 Å². The minimum atomic E-state index is -0.0146. The Balaban J connectivity index is 1.51. The van der Waals surface area contributed by atoms with E-state index in [2.05, 4.69) is 25.3 Å². The highest BCUT2D eigenvalue weighted by Crippen LogP contribution is 2.33. The van der Waals surface area contributed by atoms with E-state index >= 15 is 0 Å². The van der Waals surface area contributed by atoms with E-state index in [-0.39, 0.29) is 31.1 Å². The molecule has 1 fully saturated rings. The summed E-state index contributed by atoms with van der Waals surface area (Å²) >= 11 is 1.66. The monoisotopic (exact) mass is 456 g/mol. The highest BCUT2D eigenvalue weighted by atomic mass is 32.1. The van der Waals surface area contributed by atoms with Crippen LogP contribution in [0.1, 0.15) is 55.0 Å². The fourth-order valence-corrected chi connectivity index (χ4v) is 4.94. The molecule has 1 aliphatic heterocycles. The Kier molecular flexibility index (Phi) is 7.35. The van der Waals surface area contributed by atoms with E-state index < -0.39 is 0 Å². The van der Waals surface area contributed by atoms with E-state index in [1.54, 1.807) is 16.2 Å². The van der Waals surface area contributed by atoms with Gasteiger partial charge in [-0.2, -0.15) is 0 Å². The van der Waals surface area contributed by atoms with Crippen molar-refractivity contribution in [3.63, 3.8) is 0 Å². The van der Waals surface area contributed by atoms with Gasteiger partial charge in [-0.3, -0.25) is 9.59 Å². The molecular weight excluding hydrogens is 424 g/mol. The van der Waals surface area contributed by atoms with Crippen molar-refractivity contribution in [1.82, 2.24) is 9.80 Å². The van der Waals surface area contributed by atoms with Crippen molar-refractivity contribution >= 4 is 23.2 Å². The lowest BCUT2D eigenvalue weighted by Crippen LogP contribution is -2.46. The summed E-state index contributed by atoms with van der Waals surface area (Å²) in [6.45, 7) is 6.20. The molecule has 6 nitrogen and oxygen atoms in total. The van der Waals surface area contributed by atoms with Gasteiger partial charge in [0.1, 0.15) is 0 Å². The number of unbranched alkanes of at least 4 members (excludes halogenated alkanes) is 1. The first kappa shape index (κ1) is 22.6. The zero-order valence-corrected chi connectivity index (χ0v) is 19.8. The van der Waals surface area contributed by atoms with Crippen molar-refractivity contribution < 1.29 is 19.1 Å². The molecule has 7 heteroatoms. The number of hydrogen-bond donors (Lipinski definition) is 0. The van der Waals surface area contributed by atoms with Crippen molar-refractivity contribution in [3.05, 3.63) is 45.6 Å². The third kappa shape index (κ3) is 5.26. The standard InChI is InChI=1S/C25H32N2O4S/c1-3-4-11-26(25(29)20-6-5-7-20)16-24(28)27(15-23-18(2)10-12-32-23)14-19-8-9-21-22(13-19)31-17-30-21/h8-10,12-13,20H,3-7,11,14-17H2,1-2H3. The quantitative estimate of drug-likeness (QED) is 0.518. The molecule has 1 saturated carbocycles. The Morgan fingerprint density at radius 2 is 1.91 bits per heavy atom. The van der Waals surface area contributed by atoms with Gasteiger partial charge in [0.05, 0.1) is 13.1 Å². The normalized spacial score (nSPS) is 14.8. The Morgan fingerprint density at radius 3 is 2.59 bits per heavy atom. The molecule has 0 spiro atoms. The molecule has 0 bridgehead atoms. The predicted octanol–water partition coefficient (Wildman–Crippen LogP) is 4.74. The summed E-state index contributed by atoms with van der Waals surface area (Å²) in [5, 5.41) is 2.06. The summed E-state index contributed by atoms with van der Waals surface area (Å²) < 4.78 is 10.9. The molecule has 1 aromatic carbocycles. The molecule has 2 amide bonds. The molecule has 0 unspecified atom stereocenters. The third-order valence-corrected chi connectivity index (χ3v) is 7.35. The number of rotatable bonds is 10. The van der Waals surface area contributed by atoms with Crippen molar-refractivity contribution in [2.45, 2.75) is 59.0 Å². The summed E-state index contributed by atoms with van der Waals surface area (Å²) in [5.41, 5.74) is 2.18. The van der Waals surface area contributed by atoms with Gasteiger partial charge in [-0.05, 0) is 60.9 Å².